The molecule has 0 atom stereocenters. The fourth-order valence-corrected chi connectivity index (χ4v) is 4.55. The van der Waals surface area contributed by atoms with Gasteiger partial charge in [0.1, 0.15) is 0 Å². The van der Waals surface area contributed by atoms with Crippen molar-refractivity contribution < 1.29 is 19.8 Å². The van der Waals surface area contributed by atoms with Gasteiger partial charge in [0, 0.05) is 34.7 Å². The molecule has 7 heteroatoms. The molecule has 0 radical (unpaired) electrons. The average Bonchev–Trinajstić information content (AvgIpc) is 3.34. The Balaban J connectivity index is 1.38. The molecule has 0 bridgehead atoms. The van der Waals surface area contributed by atoms with Gasteiger partial charge in [0.2, 0.25) is 0 Å². The zero-order chi connectivity index (χ0) is 21.5. The molecule has 31 heavy (non-hydrogen) atoms. The Labute approximate surface area is 179 Å². The van der Waals surface area contributed by atoms with Crippen LogP contribution < -0.4 is 5.32 Å². The summed E-state index contributed by atoms with van der Waals surface area (Å²) in [5, 5.41) is 29.4. The van der Waals surface area contributed by atoms with Crippen LogP contribution in [0, 0.1) is 0 Å². The standard InChI is InChI=1S/C24H23N3O4/c28-18-9-7-17(8-10-18)25-23(29)16-6-5-15-11-20-21(26-27-22(20)19(15)12-16)13-1-3-14(4-2-13)24(30)31/h1-6,12,17-18,28H,7-11H2,(H,25,29)(H,26,27)(H,30,31). The van der Waals surface area contributed by atoms with Crippen LogP contribution in [0.25, 0.3) is 22.5 Å². The van der Waals surface area contributed by atoms with Crippen molar-refractivity contribution >= 4 is 11.9 Å². The quantitative estimate of drug-likeness (QED) is 0.406. The van der Waals surface area contributed by atoms with Crippen LogP contribution in [0.1, 0.15) is 57.5 Å². The lowest BCUT2D eigenvalue weighted by atomic mass is 9.93. The van der Waals surface area contributed by atoms with E-state index in [0.717, 1.165) is 59.3 Å². The highest BCUT2D eigenvalue weighted by atomic mass is 16.4. The number of hydrogen-bond donors (Lipinski definition) is 4. The van der Waals surface area contributed by atoms with Crippen molar-refractivity contribution in [2.45, 2.75) is 44.2 Å². The number of amides is 1. The summed E-state index contributed by atoms with van der Waals surface area (Å²) in [5.74, 6) is -1.05. The molecule has 1 fully saturated rings. The van der Waals surface area contributed by atoms with Crippen LogP contribution in [-0.2, 0) is 6.42 Å². The lowest BCUT2D eigenvalue weighted by Crippen LogP contribution is -2.38. The zero-order valence-electron chi connectivity index (χ0n) is 16.9. The molecule has 2 aromatic carbocycles. The minimum atomic E-state index is -0.957. The summed E-state index contributed by atoms with van der Waals surface area (Å²) in [5.41, 5.74) is 6.57. The van der Waals surface area contributed by atoms with Gasteiger partial charge in [-0.3, -0.25) is 9.89 Å². The summed E-state index contributed by atoms with van der Waals surface area (Å²) >= 11 is 0. The number of hydrogen-bond acceptors (Lipinski definition) is 4. The van der Waals surface area contributed by atoms with Crippen LogP contribution in [0.4, 0.5) is 0 Å². The van der Waals surface area contributed by atoms with E-state index in [4.69, 9.17) is 5.11 Å². The van der Waals surface area contributed by atoms with Crippen LogP contribution in [0.2, 0.25) is 0 Å². The summed E-state index contributed by atoms with van der Waals surface area (Å²) < 4.78 is 0. The van der Waals surface area contributed by atoms with Crippen molar-refractivity contribution in [2.24, 2.45) is 0 Å². The van der Waals surface area contributed by atoms with Gasteiger partial charge in [-0.25, -0.2) is 4.79 Å². The molecule has 0 aliphatic heterocycles. The SMILES string of the molecule is O=C(O)c1ccc(-c2n[nH]c3c2Cc2ccc(C(=O)NC4CCC(O)CC4)cc2-3)cc1. The summed E-state index contributed by atoms with van der Waals surface area (Å²) in [7, 11) is 0. The Kier molecular flexibility index (Phi) is 4.82. The van der Waals surface area contributed by atoms with Gasteiger partial charge in [-0.05, 0) is 55.5 Å². The molecule has 0 unspecified atom stereocenters. The Morgan fingerprint density at radius 1 is 1.00 bits per heavy atom. The second-order valence-corrected chi connectivity index (χ2v) is 8.34. The molecular weight excluding hydrogens is 394 g/mol. The van der Waals surface area contributed by atoms with E-state index in [-0.39, 0.29) is 23.6 Å². The van der Waals surface area contributed by atoms with E-state index >= 15 is 0 Å². The van der Waals surface area contributed by atoms with Crippen molar-refractivity contribution in [3.05, 3.63) is 64.7 Å². The number of carboxylic acid groups (broad SMARTS) is 1. The number of aliphatic hydroxyl groups excluding tert-OH is 1. The Morgan fingerprint density at radius 2 is 1.71 bits per heavy atom. The van der Waals surface area contributed by atoms with Crippen molar-refractivity contribution in [2.75, 3.05) is 0 Å². The molecule has 1 heterocycles. The van der Waals surface area contributed by atoms with Gasteiger partial charge in [0.25, 0.3) is 5.91 Å². The van der Waals surface area contributed by atoms with E-state index in [2.05, 4.69) is 15.5 Å². The number of aliphatic hydroxyl groups is 1. The third-order valence-corrected chi connectivity index (χ3v) is 6.31. The number of carboxylic acids is 1. The number of H-pyrrole nitrogens is 1. The van der Waals surface area contributed by atoms with Gasteiger partial charge in [-0.2, -0.15) is 5.10 Å². The largest absolute Gasteiger partial charge is 0.478 e. The molecule has 4 N–H and O–H groups in total. The van der Waals surface area contributed by atoms with E-state index in [0.29, 0.717) is 12.0 Å². The Hall–Kier alpha value is -3.45. The molecule has 7 nitrogen and oxygen atoms in total. The second-order valence-electron chi connectivity index (χ2n) is 8.34. The maximum Gasteiger partial charge on any atom is 0.335 e. The monoisotopic (exact) mass is 417 g/mol. The molecule has 5 rings (SSSR count). The molecule has 1 aromatic heterocycles. The number of nitrogens with one attached hydrogen (secondary N) is 2. The molecule has 0 saturated heterocycles. The van der Waals surface area contributed by atoms with Crippen LogP contribution >= 0.6 is 0 Å². The summed E-state index contributed by atoms with van der Waals surface area (Å²) in [4.78, 5) is 23.9. The number of aromatic carboxylic acids is 1. The number of aromatic amines is 1. The van der Waals surface area contributed by atoms with Crippen molar-refractivity contribution in [1.29, 1.82) is 0 Å². The summed E-state index contributed by atoms with van der Waals surface area (Å²) in [6, 6.07) is 12.5. The summed E-state index contributed by atoms with van der Waals surface area (Å²) in [6.45, 7) is 0. The van der Waals surface area contributed by atoms with Crippen LogP contribution in [0.5, 0.6) is 0 Å². The predicted octanol–water partition coefficient (Wildman–Crippen LogP) is 3.38. The van der Waals surface area contributed by atoms with Crippen molar-refractivity contribution in [1.82, 2.24) is 15.5 Å². The number of carbonyl (C=O) groups excluding carboxylic acids is 1. The summed E-state index contributed by atoms with van der Waals surface area (Å²) in [6.07, 6.45) is 3.51. The fraction of sp³-hybridized carbons (Fsp3) is 0.292. The second kappa shape index (κ2) is 7.67. The topological polar surface area (TPSA) is 115 Å². The first kappa shape index (κ1) is 19.5. The smallest absolute Gasteiger partial charge is 0.335 e. The van der Waals surface area contributed by atoms with Gasteiger partial charge < -0.3 is 15.5 Å². The van der Waals surface area contributed by atoms with Crippen molar-refractivity contribution in [3.63, 3.8) is 0 Å². The van der Waals surface area contributed by atoms with Crippen LogP contribution in [0.3, 0.4) is 0 Å². The number of rotatable bonds is 4. The van der Waals surface area contributed by atoms with E-state index in [1.807, 2.05) is 18.2 Å². The van der Waals surface area contributed by atoms with E-state index < -0.39 is 5.97 Å². The maximum absolute atomic E-state index is 12.8. The number of benzene rings is 2. The molecule has 1 amide bonds. The lowest BCUT2D eigenvalue weighted by Gasteiger charge is -2.26. The zero-order valence-corrected chi connectivity index (χ0v) is 16.9. The normalized spacial score (nSPS) is 19.5. The maximum atomic E-state index is 12.8. The first-order valence-electron chi connectivity index (χ1n) is 10.5. The minimum Gasteiger partial charge on any atom is -0.478 e. The van der Waals surface area contributed by atoms with Gasteiger partial charge in [-0.1, -0.05) is 18.2 Å². The van der Waals surface area contributed by atoms with Gasteiger partial charge >= 0.3 is 5.97 Å². The van der Waals surface area contributed by atoms with E-state index in [9.17, 15) is 14.7 Å². The average molecular weight is 417 g/mol. The molecule has 2 aliphatic carbocycles. The van der Waals surface area contributed by atoms with Crippen LogP contribution in [0.15, 0.2) is 42.5 Å². The van der Waals surface area contributed by atoms with Gasteiger partial charge in [0.05, 0.1) is 23.1 Å². The number of nitrogens with zero attached hydrogens (tertiary/aromatic N) is 1. The van der Waals surface area contributed by atoms with Gasteiger partial charge in [-0.15, -0.1) is 0 Å². The highest BCUT2D eigenvalue weighted by molar-refractivity contribution is 5.97. The number of fused-ring (bicyclic) bond motifs is 3. The predicted molar refractivity (Wildman–Crippen MR) is 115 cm³/mol. The molecular formula is C24H23N3O4. The third-order valence-electron chi connectivity index (χ3n) is 6.31. The Morgan fingerprint density at radius 3 is 2.42 bits per heavy atom. The first-order valence-corrected chi connectivity index (χ1v) is 10.5. The number of aromatic nitrogens is 2. The minimum absolute atomic E-state index is 0.0957. The lowest BCUT2D eigenvalue weighted by molar-refractivity contribution is 0.0696. The van der Waals surface area contributed by atoms with Gasteiger partial charge in [0.15, 0.2) is 0 Å². The van der Waals surface area contributed by atoms with E-state index in [1.54, 1.807) is 24.3 Å². The molecule has 3 aromatic rings. The Bertz CT molecular complexity index is 1160. The fourth-order valence-electron chi connectivity index (χ4n) is 4.55. The molecule has 1 saturated carbocycles. The van der Waals surface area contributed by atoms with Crippen molar-refractivity contribution in [3.8, 4) is 22.5 Å². The molecule has 2 aliphatic rings. The highest BCUT2D eigenvalue weighted by Crippen LogP contribution is 2.40. The van der Waals surface area contributed by atoms with Crippen LogP contribution in [-0.4, -0.2) is 44.4 Å². The first-order chi connectivity index (χ1) is 15.0. The van der Waals surface area contributed by atoms with E-state index in [1.165, 1.54) is 0 Å². The highest BCUT2D eigenvalue weighted by Gasteiger charge is 2.27. The number of carbonyl (C=O) groups is 2. The molecule has 158 valence electrons. The molecule has 0 spiro atoms. The third kappa shape index (κ3) is 3.61.